The number of carbonyl (C=O) groups excluding carboxylic acids is 12. The lowest BCUT2D eigenvalue weighted by molar-refractivity contribution is -0.113. The first-order valence-electron chi connectivity index (χ1n) is 26.7. The summed E-state index contributed by atoms with van der Waals surface area (Å²) in [5.41, 5.74) is 0. The van der Waals surface area contributed by atoms with Gasteiger partial charge in [0.2, 0.25) is 0 Å². The molecule has 0 radical (unpaired) electrons. The number of allylic oxidation sites excluding steroid dienone is 24. The molecule has 28 heteroatoms. The van der Waals surface area contributed by atoms with Crippen LogP contribution in [-0.4, -0.2) is 130 Å². The average Bonchev–Trinajstić information content (AvgIpc) is 3.25. The van der Waals surface area contributed by atoms with Crippen LogP contribution in [0.15, 0.2) is 142 Å². The monoisotopic (exact) mass is 1300 g/mol. The molecule has 0 aliphatic heterocycles. The summed E-state index contributed by atoms with van der Waals surface area (Å²) in [6.45, 7) is 35.9. The smallest absolute Gasteiger partial charge is 0.580 e. The van der Waals surface area contributed by atoms with Crippen molar-refractivity contribution >= 4 is 130 Å². The van der Waals surface area contributed by atoms with Crippen LogP contribution in [0.4, 0.5) is 0 Å². The maximum Gasteiger partial charge on any atom is 1.20 e. The van der Waals surface area contributed by atoms with Crippen molar-refractivity contribution in [2.24, 2.45) is 0 Å². The molecule has 0 fully saturated rings. The van der Waals surface area contributed by atoms with Gasteiger partial charge in [-0.15, -0.1) is 0 Å². The van der Waals surface area contributed by atoms with Gasteiger partial charge in [0.15, 0.2) is 69.4 Å². The normalized spacial score (nSPS) is 12.5. The molecule has 0 amide bonds. The Morgan fingerprint density at radius 3 is 0.250 bits per heavy atom. The Labute approximate surface area is 537 Å². The highest BCUT2D eigenvalue weighted by Crippen LogP contribution is 2.15. The molecule has 0 N–H and O–H groups in total. The zero-order valence-corrected chi connectivity index (χ0v) is 59.7. The maximum atomic E-state index is 11.0. The molecule has 0 atom stereocenters. The van der Waals surface area contributed by atoms with Gasteiger partial charge in [-0.1, -0.05) is 0 Å². The molecule has 480 valence electrons. The van der Waals surface area contributed by atoms with Gasteiger partial charge in [-0.25, -0.2) is 0 Å². The lowest BCUT2D eigenvalue weighted by Crippen LogP contribution is -2.26. The molecule has 0 spiro atoms. The van der Waals surface area contributed by atoms with Crippen LogP contribution < -0.4 is 0 Å². The Hall–Kier alpha value is -7.35. The number of ketones is 12. The van der Waals surface area contributed by atoms with Crippen molar-refractivity contribution in [1.29, 1.82) is 0 Å². The van der Waals surface area contributed by atoms with Gasteiger partial charge in [0, 0.05) is 72.9 Å². The number of rotatable bonds is 36. The molecular formula is C60H84Al4O24. The minimum absolute atomic E-state index is 0.169. The first-order chi connectivity index (χ1) is 40.4. The zero-order chi connectivity index (χ0) is 69.1. The van der Waals surface area contributed by atoms with Gasteiger partial charge in [0.05, 0.1) is 69.1 Å². The van der Waals surface area contributed by atoms with E-state index in [2.05, 4.69) is 0 Å². The lowest BCUT2D eigenvalue weighted by atomic mass is 10.4. The van der Waals surface area contributed by atoms with Crippen LogP contribution in [0.2, 0.25) is 0 Å². The summed E-state index contributed by atoms with van der Waals surface area (Å²) < 4.78 is 66.0. The zero-order valence-electron chi connectivity index (χ0n) is 55.0. The van der Waals surface area contributed by atoms with Crippen LogP contribution in [0.3, 0.4) is 0 Å². The summed E-state index contributed by atoms with van der Waals surface area (Å²) in [6, 6.07) is 0. The molecule has 0 heterocycles. The third kappa shape index (κ3) is 60.3. The summed E-state index contributed by atoms with van der Waals surface area (Å²) in [7, 11) is 0. The van der Waals surface area contributed by atoms with Crippen LogP contribution in [0, 0.1) is 0 Å². The predicted octanol–water partition coefficient (Wildman–Crippen LogP) is 10.00. The van der Waals surface area contributed by atoms with Crippen molar-refractivity contribution in [2.45, 2.75) is 166 Å². The minimum atomic E-state index is -2.75. The summed E-state index contributed by atoms with van der Waals surface area (Å²) in [5.74, 6) is 2.09. The molecule has 0 saturated heterocycles. The molecule has 0 aromatic heterocycles. The molecule has 0 aliphatic rings. The van der Waals surface area contributed by atoms with Gasteiger partial charge in [-0.3, -0.25) is 57.5 Å². The molecule has 0 aromatic rings. The van der Waals surface area contributed by atoms with Crippen LogP contribution in [0.5, 0.6) is 0 Å². The van der Waals surface area contributed by atoms with Gasteiger partial charge in [-0.2, -0.15) is 0 Å². The van der Waals surface area contributed by atoms with E-state index >= 15 is 0 Å². The van der Waals surface area contributed by atoms with Crippen molar-refractivity contribution in [1.82, 2.24) is 0 Å². The fourth-order valence-corrected chi connectivity index (χ4v) is 11.0. The highest BCUT2D eigenvalue weighted by atomic mass is 27.3. The average molecular weight is 1300 g/mol. The highest BCUT2D eigenvalue weighted by Gasteiger charge is 2.47. The van der Waals surface area contributed by atoms with Crippen molar-refractivity contribution in [3.63, 3.8) is 0 Å². The van der Waals surface area contributed by atoms with E-state index in [0.29, 0.717) is 69.1 Å². The van der Waals surface area contributed by atoms with E-state index in [0.717, 1.165) is 0 Å². The van der Waals surface area contributed by atoms with Gasteiger partial charge in [-0.05, 0) is 166 Å². The summed E-state index contributed by atoms with van der Waals surface area (Å²) >= 11 is -11.0. The first-order valence-corrected chi connectivity index (χ1v) is 32.3. The van der Waals surface area contributed by atoms with Crippen LogP contribution in [0.1, 0.15) is 166 Å². The van der Waals surface area contributed by atoms with Crippen molar-refractivity contribution in [3.05, 3.63) is 142 Å². The van der Waals surface area contributed by atoms with Gasteiger partial charge < -0.3 is 45.5 Å². The predicted molar refractivity (Wildman–Crippen MR) is 329 cm³/mol. The summed E-state index contributed by atoms with van der Waals surface area (Å²) in [4.78, 5) is 132. The molecule has 0 aliphatic carbocycles. The SMILES string of the molecule is CC(=O)/C=C(/C)[O][Al]([O]/C(C)=C\C(C)=O)[O]/C(C)=C\C(C)=O.CC(=O)/C=C(/C)[O][Al]([O]/C(C)=C\C(C)=O)[O]/C(C)=C\C(C)=O.CC(=O)/C=C(/C)[O][Al]([O]/C(C)=C\C(C)=O)[O]/C(C)=C\C(C)=O.CC(=O)/C=C(/C)[O][Al]([O]/C(C)=C\C(C)=O)[O]/C(C)=C\C(C)=O. The Morgan fingerprint density at radius 1 is 0.148 bits per heavy atom. The van der Waals surface area contributed by atoms with E-state index in [9.17, 15) is 57.5 Å². The van der Waals surface area contributed by atoms with E-state index in [1.165, 1.54) is 156 Å². The second kappa shape index (κ2) is 48.6. The van der Waals surface area contributed by atoms with E-state index < -0.39 is 60.6 Å². The number of carbonyl (C=O) groups is 12. The van der Waals surface area contributed by atoms with Crippen molar-refractivity contribution in [3.8, 4) is 0 Å². The second-order valence-corrected chi connectivity index (χ2v) is 24.1. The Bertz CT molecular complexity index is 2200. The van der Waals surface area contributed by atoms with Crippen LogP contribution in [0.25, 0.3) is 0 Å². The van der Waals surface area contributed by atoms with Crippen molar-refractivity contribution in [2.75, 3.05) is 0 Å². The third-order valence-corrected chi connectivity index (χ3v) is 15.0. The molecular weight excluding hydrogens is 1210 g/mol. The Kier molecular flexibility index (Phi) is 48.1. The topological polar surface area (TPSA) is 316 Å². The van der Waals surface area contributed by atoms with Gasteiger partial charge >= 0.3 is 60.6 Å². The maximum absolute atomic E-state index is 11.0. The standard InChI is InChI=1S/12C5H8O2.4Al/c12*1-4(6)3-5(2)7;;;;/h12*3,6H,1-2H3;;;;/q;;;;;;;;;;;;4*+3/p-12/b12*4-3-;;;;. The van der Waals surface area contributed by atoms with Crippen LogP contribution in [-0.2, 0) is 103 Å². The molecule has 24 nitrogen and oxygen atoms in total. The van der Waals surface area contributed by atoms with Crippen molar-refractivity contribution < 1.29 is 103 Å². The summed E-state index contributed by atoms with van der Waals surface area (Å²) in [6.07, 6.45) is 15.7. The molecule has 0 saturated carbocycles. The van der Waals surface area contributed by atoms with E-state index in [1.807, 2.05) is 0 Å². The quantitative estimate of drug-likeness (QED) is 0.0320. The third-order valence-electron chi connectivity index (χ3n) is 8.26. The van der Waals surface area contributed by atoms with Gasteiger partial charge in [0.1, 0.15) is 0 Å². The molecule has 0 aromatic carbocycles. The fraction of sp³-hybridized carbons (Fsp3) is 0.400. The summed E-state index contributed by atoms with van der Waals surface area (Å²) in [5, 5.41) is 0. The fourth-order valence-electron chi connectivity index (χ4n) is 5.95. The highest BCUT2D eigenvalue weighted by molar-refractivity contribution is 6.39. The minimum Gasteiger partial charge on any atom is -0.580 e. The number of hydrogen-bond donors (Lipinski definition) is 0. The second-order valence-electron chi connectivity index (χ2n) is 19.0. The molecule has 0 rings (SSSR count). The molecule has 88 heavy (non-hydrogen) atoms. The Balaban J connectivity index is -0.000000535. The largest absolute Gasteiger partial charge is 1.20 e. The van der Waals surface area contributed by atoms with E-state index in [4.69, 9.17) is 45.5 Å². The number of hydrogen-bond acceptors (Lipinski definition) is 24. The van der Waals surface area contributed by atoms with E-state index in [-0.39, 0.29) is 69.4 Å². The van der Waals surface area contributed by atoms with Gasteiger partial charge in [0.25, 0.3) is 0 Å². The molecule has 0 bridgehead atoms. The van der Waals surface area contributed by atoms with Crippen LogP contribution >= 0.6 is 0 Å². The van der Waals surface area contributed by atoms with E-state index in [1.54, 1.807) is 83.1 Å². The Morgan fingerprint density at radius 2 is 0.205 bits per heavy atom. The first kappa shape index (κ1) is 87.1. The lowest BCUT2D eigenvalue weighted by Gasteiger charge is -2.17. The molecule has 0 unspecified atom stereocenters.